The first-order valence-corrected chi connectivity index (χ1v) is 7.91. The zero-order valence-electron chi connectivity index (χ0n) is 11.4. The molecule has 0 amide bonds. The van der Waals surface area contributed by atoms with Crippen molar-refractivity contribution in [2.24, 2.45) is 5.73 Å². The molecule has 2 N–H and O–H groups in total. The summed E-state index contributed by atoms with van der Waals surface area (Å²) in [4.78, 5) is 0. The van der Waals surface area contributed by atoms with Crippen molar-refractivity contribution in [3.05, 3.63) is 62.2 Å². The van der Waals surface area contributed by atoms with Crippen LogP contribution in [0.4, 0.5) is 0 Å². The molecule has 0 saturated carbocycles. The van der Waals surface area contributed by atoms with Crippen LogP contribution in [0.3, 0.4) is 0 Å². The minimum absolute atomic E-state index is 0.114. The van der Waals surface area contributed by atoms with Crippen LogP contribution in [0.2, 0.25) is 5.02 Å². The van der Waals surface area contributed by atoms with E-state index in [9.17, 15) is 0 Å². The van der Waals surface area contributed by atoms with Gasteiger partial charge in [0.05, 0.1) is 17.2 Å². The van der Waals surface area contributed by atoms with Crippen molar-refractivity contribution in [1.82, 2.24) is 0 Å². The fraction of sp³-hybridized carbons (Fsp3) is 0.250. The van der Waals surface area contributed by atoms with Gasteiger partial charge < -0.3 is 10.5 Å². The lowest BCUT2D eigenvalue weighted by Gasteiger charge is -2.19. The summed E-state index contributed by atoms with van der Waals surface area (Å²) in [7, 11) is 0. The number of ether oxygens (including phenoxy) is 1. The van der Waals surface area contributed by atoms with E-state index in [0.29, 0.717) is 0 Å². The van der Waals surface area contributed by atoms with Crippen LogP contribution < -0.4 is 10.5 Å². The van der Waals surface area contributed by atoms with E-state index in [4.69, 9.17) is 22.1 Å². The summed E-state index contributed by atoms with van der Waals surface area (Å²) in [6.45, 7) is 4.01. The minimum atomic E-state index is -0.251. The average Bonchev–Trinajstić information content (AvgIpc) is 2.41. The maximum atomic E-state index is 6.37. The molecule has 0 aromatic heterocycles. The molecule has 1 atom stereocenters. The number of hydrogen-bond donors (Lipinski definition) is 1. The number of benzene rings is 2. The third-order valence-electron chi connectivity index (χ3n) is 2.92. The molecule has 2 rings (SSSR count). The van der Waals surface area contributed by atoms with Gasteiger partial charge in [0.2, 0.25) is 0 Å². The topological polar surface area (TPSA) is 35.2 Å². The summed E-state index contributed by atoms with van der Waals surface area (Å²) in [6.07, 6.45) is 0.114. The molecule has 2 nitrogen and oxygen atoms in total. The lowest BCUT2D eigenvalue weighted by molar-refractivity contribution is 0.239. The number of nitrogens with two attached hydrogens (primary N) is 1. The van der Waals surface area contributed by atoms with E-state index in [-0.39, 0.29) is 12.1 Å². The van der Waals surface area contributed by atoms with Gasteiger partial charge in [0, 0.05) is 9.13 Å². The molecule has 0 aliphatic heterocycles. The SMILES string of the molecule is CC(C)Oc1ccccc1C(N)c1ccc(I)c(Cl)c1. The average molecular weight is 402 g/mol. The van der Waals surface area contributed by atoms with Crippen LogP contribution in [-0.2, 0) is 0 Å². The summed E-state index contributed by atoms with van der Waals surface area (Å²) in [5.41, 5.74) is 8.32. The molecule has 0 saturated heterocycles. The molecule has 2 aromatic carbocycles. The fourth-order valence-corrected chi connectivity index (χ4v) is 2.51. The van der Waals surface area contributed by atoms with Crippen LogP contribution in [0, 0.1) is 3.57 Å². The molecule has 0 radical (unpaired) electrons. The molecule has 20 heavy (non-hydrogen) atoms. The van der Waals surface area contributed by atoms with Crippen molar-refractivity contribution < 1.29 is 4.74 Å². The van der Waals surface area contributed by atoms with Crippen molar-refractivity contribution in [2.45, 2.75) is 26.0 Å². The molecule has 0 bridgehead atoms. The van der Waals surface area contributed by atoms with Crippen molar-refractivity contribution >= 4 is 34.2 Å². The predicted octanol–water partition coefficient (Wildman–Crippen LogP) is 4.78. The van der Waals surface area contributed by atoms with Gasteiger partial charge in [-0.25, -0.2) is 0 Å². The van der Waals surface area contributed by atoms with Gasteiger partial charge >= 0.3 is 0 Å². The summed E-state index contributed by atoms with van der Waals surface area (Å²) >= 11 is 8.38. The maximum Gasteiger partial charge on any atom is 0.124 e. The number of hydrogen-bond acceptors (Lipinski definition) is 2. The predicted molar refractivity (Wildman–Crippen MR) is 92.4 cm³/mol. The van der Waals surface area contributed by atoms with E-state index in [2.05, 4.69) is 22.6 Å². The molecule has 0 spiro atoms. The van der Waals surface area contributed by atoms with E-state index >= 15 is 0 Å². The Hall–Kier alpha value is -0.780. The van der Waals surface area contributed by atoms with Crippen LogP contribution in [0.1, 0.15) is 31.0 Å². The second-order valence-corrected chi connectivity index (χ2v) is 6.43. The zero-order valence-corrected chi connectivity index (χ0v) is 14.4. The normalized spacial score (nSPS) is 12.5. The second kappa shape index (κ2) is 6.78. The quantitative estimate of drug-likeness (QED) is 0.748. The fourth-order valence-electron chi connectivity index (χ4n) is 1.98. The molecule has 0 aliphatic carbocycles. The Balaban J connectivity index is 2.37. The Morgan fingerprint density at radius 3 is 2.50 bits per heavy atom. The van der Waals surface area contributed by atoms with Crippen molar-refractivity contribution in [1.29, 1.82) is 0 Å². The zero-order chi connectivity index (χ0) is 14.7. The van der Waals surface area contributed by atoms with E-state index in [1.54, 1.807) is 0 Å². The molecular formula is C16H17ClINO. The Bertz CT molecular complexity index is 601. The van der Waals surface area contributed by atoms with Gasteiger partial charge in [-0.2, -0.15) is 0 Å². The van der Waals surface area contributed by atoms with Crippen molar-refractivity contribution in [3.8, 4) is 5.75 Å². The molecule has 4 heteroatoms. The van der Waals surface area contributed by atoms with Crippen LogP contribution in [0.25, 0.3) is 0 Å². The van der Waals surface area contributed by atoms with Gasteiger partial charge in [-0.1, -0.05) is 35.9 Å². The molecule has 106 valence electrons. The molecule has 2 aromatic rings. The Morgan fingerprint density at radius 2 is 1.85 bits per heavy atom. The van der Waals surface area contributed by atoms with Gasteiger partial charge in [-0.15, -0.1) is 0 Å². The molecule has 0 heterocycles. The monoisotopic (exact) mass is 401 g/mol. The van der Waals surface area contributed by atoms with Gasteiger partial charge in [0.15, 0.2) is 0 Å². The van der Waals surface area contributed by atoms with Crippen LogP contribution in [0.15, 0.2) is 42.5 Å². The Labute approximate surface area is 138 Å². The first-order chi connectivity index (χ1) is 9.49. The molecule has 0 fully saturated rings. The summed E-state index contributed by atoms with van der Waals surface area (Å²) in [5, 5.41) is 0.723. The summed E-state index contributed by atoms with van der Waals surface area (Å²) in [6, 6.07) is 13.5. The van der Waals surface area contributed by atoms with Gasteiger partial charge in [-0.05, 0) is 60.2 Å². The minimum Gasteiger partial charge on any atom is -0.491 e. The summed E-state index contributed by atoms with van der Waals surface area (Å²) < 4.78 is 6.85. The first kappa shape index (κ1) is 15.6. The Kier molecular flexibility index (Phi) is 5.29. The van der Waals surface area contributed by atoms with Crippen molar-refractivity contribution in [2.75, 3.05) is 0 Å². The van der Waals surface area contributed by atoms with Gasteiger partial charge in [0.25, 0.3) is 0 Å². The molecular weight excluding hydrogens is 385 g/mol. The van der Waals surface area contributed by atoms with Crippen LogP contribution >= 0.6 is 34.2 Å². The summed E-state index contributed by atoms with van der Waals surface area (Å²) in [5.74, 6) is 0.824. The highest BCUT2D eigenvalue weighted by atomic mass is 127. The maximum absolute atomic E-state index is 6.37. The van der Waals surface area contributed by atoms with E-state index in [1.165, 1.54) is 0 Å². The lowest BCUT2D eigenvalue weighted by atomic mass is 9.99. The van der Waals surface area contributed by atoms with E-state index in [0.717, 1.165) is 25.5 Å². The highest BCUT2D eigenvalue weighted by Gasteiger charge is 2.15. The third-order valence-corrected chi connectivity index (χ3v) is 4.49. The third kappa shape index (κ3) is 3.65. The van der Waals surface area contributed by atoms with Crippen LogP contribution in [-0.4, -0.2) is 6.10 Å². The Morgan fingerprint density at radius 1 is 1.15 bits per heavy atom. The second-order valence-electron chi connectivity index (χ2n) is 4.86. The van der Waals surface area contributed by atoms with Gasteiger partial charge in [-0.3, -0.25) is 0 Å². The highest BCUT2D eigenvalue weighted by Crippen LogP contribution is 2.31. The number of halogens is 2. The van der Waals surface area contributed by atoms with Crippen LogP contribution in [0.5, 0.6) is 5.75 Å². The van der Waals surface area contributed by atoms with Gasteiger partial charge in [0.1, 0.15) is 5.75 Å². The molecule has 0 aliphatic rings. The number of rotatable bonds is 4. The van der Waals surface area contributed by atoms with E-state index in [1.807, 2.05) is 56.3 Å². The van der Waals surface area contributed by atoms with Crippen molar-refractivity contribution in [3.63, 3.8) is 0 Å². The van der Waals surface area contributed by atoms with E-state index < -0.39 is 0 Å². The number of para-hydroxylation sites is 1. The lowest BCUT2D eigenvalue weighted by Crippen LogP contribution is -2.15. The molecule has 1 unspecified atom stereocenters. The first-order valence-electron chi connectivity index (χ1n) is 6.45. The smallest absolute Gasteiger partial charge is 0.124 e. The highest BCUT2D eigenvalue weighted by molar-refractivity contribution is 14.1. The standard InChI is InChI=1S/C16H17ClINO/c1-10(2)20-15-6-4-3-5-12(15)16(19)11-7-8-14(18)13(17)9-11/h3-10,16H,19H2,1-2H3. The largest absolute Gasteiger partial charge is 0.491 e.